The van der Waals surface area contributed by atoms with Crippen LogP contribution in [0.15, 0.2) is 48.5 Å². The molecule has 0 fully saturated rings. The van der Waals surface area contributed by atoms with E-state index in [2.05, 4.69) is 10.6 Å². The lowest BCUT2D eigenvalue weighted by molar-refractivity contribution is -0.128. The minimum absolute atomic E-state index is 0.0466. The summed E-state index contributed by atoms with van der Waals surface area (Å²) in [4.78, 5) is 24.4. The van der Waals surface area contributed by atoms with Gasteiger partial charge in [0.1, 0.15) is 12.4 Å². The standard InChI is InChI=1S/C20H22N2O3/c1-2-14-7-3-5-9-17(14)22-19(23)12-21-20(24)16-11-15-8-4-6-10-18(15)25-13-16/h3-10,16H,2,11-13H2,1H3,(H,21,24)(H,22,23). The van der Waals surface area contributed by atoms with Crippen molar-refractivity contribution in [1.29, 1.82) is 0 Å². The number of hydrogen-bond donors (Lipinski definition) is 2. The van der Waals surface area contributed by atoms with Crippen molar-refractivity contribution in [3.05, 3.63) is 59.7 Å². The third kappa shape index (κ3) is 4.18. The molecule has 0 aromatic heterocycles. The Balaban J connectivity index is 1.52. The van der Waals surface area contributed by atoms with Gasteiger partial charge in [-0.3, -0.25) is 9.59 Å². The fourth-order valence-corrected chi connectivity index (χ4v) is 2.95. The van der Waals surface area contributed by atoms with Gasteiger partial charge in [0.25, 0.3) is 0 Å². The first kappa shape index (κ1) is 17.0. The van der Waals surface area contributed by atoms with Crippen LogP contribution in [0, 0.1) is 5.92 Å². The SMILES string of the molecule is CCc1ccccc1NC(=O)CNC(=O)C1COc2ccccc2C1. The van der Waals surface area contributed by atoms with Crippen LogP contribution >= 0.6 is 0 Å². The van der Waals surface area contributed by atoms with E-state index in [0.717, 1.165) is 29.0 Å². The second kappa shape index (κ2) is 7.83. The highest BCUT2D eigenvalue weighted by Crippen LogP contribution is 2.26. The van der Waals surface area contributed by atoms with Crippen LogP contribution < -0.4 is 15.4 Å². The van der Waals surface area contributed by atoms with Gasteiger partial charge in [-0.2, -0.15) is 0 Å². The largest absolute Gasteiger partial charge is 0.492 e. The van der Waals surface area contributed by atoms with Gasteiger partial charge >= 0.3 is 0 Å². The summed E-state index contributed by atoms with van der Waals surface area (Å²) in [5, 5.41) is 5.56. The van der Waals surface area contributed by atoms with Gasteiger partial charge in [0.05, 0.1) is 12.5 Å². The van der Waals surface area contributed by atoms with E-state index in [1.54, 1.807) is 0 Å². The summed E-state index contributed by atoms with van der Waals surface area (Å²) in [6.45, 7) is 2.33. The number of amides is 2. The molecule has 2 aromatic carbocycles. The van der Waals surface area contributed by atoms with Crippen molar-refractivity contribution in [2.24, 2.45) is 5.92 Å². The summed E-state index contributed by atoms with van der Waals surface area (Å²) in [6.07, 6.45) is 1.46. The smallest absolute Gasteiger partial charge is 0.243 e. The molecule has 0 radical (unpaired) electrons. The predicted molar refractivity (Wildman–Crippen MR) is 96.6 cm³/mol. The number of fused-ring (bicyclic) bond motifs is 1. The number of anilines is 1. The fraction of sp³-hybridized carbons (Fsp3) is 0.300. The normalized spacial score (nSPS) is 15.6. The molecule has 0 saturated carbocycles. The van der Waals surface area contributed by atoms with Crippen molar-refractivity contribution in [2.45, 2.75) is 19.8 Å². The van der Waals surface area contributed by atoms with Gasteiger partial charge in [-0.05, 0) is 36.1 Å². The quantitative estimate of drug-likeness (QED) is 0.880. The van der Waals surface area contributed by atoms with Crippen LogP contribution in [0.25, 0.3) is 0 Å². The molecule has 1 atom stereocenters. The van der Waals surface area contributed by atoms with Gasteiger partial charge in [-0.1, -0.05) is 43.3 Å². The van der Waals surface area contributed by atoms with Crippen LogP contribution in [0.2, 0.25) is 0 Å². The molecule has 1 aliphatic heterocycles. The van der Waals surface area contributed by atoms with E-state index in [4.69, 9.17) is 4.74 Å². The monoisotopic (exact) mass is 338 g/mol. The number of carbonyl (C=O) groups is 2. The number of nitrogens with one attached hydrogen (secondary N) is 2. The third-order valence-corrected chi connectivity index (χ3v) is 4.35. The summed E-state index contributed by atoms with van der Waals surface area (Å²) < 4.78 is 5.63. The van der Waals surface area contributed by atoms with E-state index in [1.807, 2.05) is 55.5 Å². The maximum absolute atomic E-state index is 12.3. The Kier molecular flexibility index (Phi) is 5.33. The molecule has 0 bridgehead atoms. The molecule has 1 unspecified atom stereocenters. The molecular weight excluding hydrogens is 316 g/mol. The molecule has 130 valence electrons. The molecule has 2 aromatic rings. The maximum Gasteiger partial charge on any atom is 0.243 e. The Morgan fingerprint density at radius 2 is 1.88 bits per heavy atom. The Labute approximate surface area is 147 Å². The highest BCUT2D eigenvalue weighted by atomic mass is 16.5. The Hall–Kier alpha value is -2.82. The second-order valence-electron chi connectivity index (χ2n) is 6.10. The molecule has 2 N–H and O–H groups in total. The minimum Gasteiger partial charge on any atom is -0.492 e. The minimum atomic E-state index is -0.273. The highest BCUT2D eigenvalue weighted by Gasteiger charge is 2.25. The third-order valence-electron chi connectivity index (χ3n) is 4.35. The number of rotatable bonds is 5. The van der Waals surface area contributed by atoms with Crippen molar-refractivity contribution in [3.63, 3.8) is 0 Å². The number of aryl methyl sites for hydroxylation is 1. The first-order chi connectivity index (χ1) is 12.2. The predicted octanol–water partition coefficient (Wildman–Crippen LogP) is 2.56. The molecule has 2 amide bonds. The Morgan fingerprint density at radius 3 is 2.72 bits per heavy atom. The van der Waals surface area contributed by atoms with Gasteiger partial charge in [0.15, 0.2) is 0 Å². The summed E-state index contributed by atoms with van der Waals surface area (Å²) in [7, 11) is 0. The summed E-state index contributed by atoms with van der Waals surface area (Å²) >= 11 is 0. The van der Waals surface area contributed by atoms with Gasteiger partial charge < -0.3 is 15.4 Å². The number of benzene rings is 2. The molecule has 0 aliphatic carbocycles. The van der Waals surface area contributed by atoms with Crippen LogP contribution in [-0.4, -0.2) is 25.0 Å². The average molecular weight is 338 g/mol. The summed E-state index contributed by atoms with van der Waals surface area (Å²) in [6, 6.07) is 15.4. The van der Waals surface area contributed by atoms with Crippen LogP contribution in [0.4, 0.5) is 5.69 Å². The van der Waals surface area contributed by atoms with Gasteiger partial charge in [-0.25, -0.2) is 0 Å². The average Bonchev–Trinajstić information content (AvgIpc) is 2.66. The molecular formula is C20H22N2O3. The van der Waals surface area contributed by atoms with Crippen molar-refractivity contribution >= 4 is 17.5 Å². The van der Waals surface area contributed by atoms with Gasteiger partial charge in [-0.15, -0.1) is 0 Å². The fourth-order valence-electron chi connectivity index (χ4n) is 2.95. The van der Waals surface area contributed by atoms with E-state index >= 15 is 0 Å². The van der Waals surface area contributed by atoms with E-state index in [9.17, 15) is 9.59 Å². The number of para-hydroxylation sites is 2. The van der Waals surface area contributed by atoms with Crippen LogP contribution in [-0.2, 0) is 22.4 Å². The highest BCUT2D eigenvalue weighted by molar-refractivity contribution is 5.95. The number of hydrogen-bond acceptors (Lipinski definition) is 3. The zero-order valence-corrected chi connectivity index (χ0v) is 14.2. The van der Waals surface area contributed by atoms with Gasteiger partial charge in [0, 0.05) is 5.69 Å². The van der Waals surface area contributed by atoms with Crippen LogP contribution in [0.3, 0.4) is 0 Å². The summed E-state index contributed by atoms with van der Waals surface area (Å²) in [5.74, 6) is 0.172. The van der Waals surface area contributed by atoms with E-state index in [1.165, 1.54) is 0 Å². The summed E-state index contributed by atoms with van der Waals surface area (Å²) in [5.41, 5.74) is 2.88. The molecule has 1 heterocycles. The number of ether oxygens (including phenoxy) is 1. The first-order valence-electron chi connectivity index (χ1n) is 8.53. The zero-order valence-electron chi connectivity index (χ0n) is 14.2. The van der Waals surface area contributed by atoms with E-state index in [-0.39, 0.29) is 24.3 Å². The lowest BCUT2D eigenvalue weighted by Crippen LogP contribution is -2.40. The van der Waals surface area contributed by atoms with Crippen LogP contribution in [0.1, 0.15) is 18.1 Å². The van der Waals surface area contributed by atoms with E-state index < -0.39 is 0 Å². The topological polar surface area (TPSA) is 67.4 Å². The van der Waals surface area contributed by atoms with E-state index in [0.29, 0.717) is 13.0 Å². The molecule has 0 saturated heterocycles. The van der Waals surface area contributed by atoms with Crippen molar-refractivity contribution in [3.8, 4) is 5.75 Å². The maximum atomic E-state index is 12.3. The lowest BCUT2D eigenvalue weighted by Gasteiger charge is -2.24. The molecule has 1 aliphatic rings. The van der Waals surface area contributed by atoms with Crippen molar-refractivity contribution in [1.82, 2.24) is 5.32 Å². The Bertz CT molecular complexity index is 773. The zero-order chi connectivity index (χ0) is 17.6. The first-order valence-corrected chi connectivity index (χ1v) is 8.53. The molecule has 5 heteroatoms. The molecule has 25 heavy (non-hydrogen) atoms. The molecule has 5 nitrogen and oxygen atoms in total. The van der Waals surface area contributed by atoms with Crippen molar-refractivity contribution < 1.29 is 14.3 Å². The molecule has 3 rings (SSSR count). The Morgan fingerprint density at radius 1 is 1.12 bits per heavy atom. The van der Waals surface area contributed by atoms with Crippen molar-refractivity contribution in [2.75, 3.05) is 18.5 Å². The molecule has 0 spiro atoms. The number of carbonyl (C=O) groups excluding carboxylic acids is 2. The van der Waals surface area contributed by atoms with Crippen LogP contribution in [0.5, 0.6) is 5.75 Å². The van der Waals surface area contributed by atoms with Gasteiger partial charge in [0.2, 0.25) is 11.8 Å². The lowest BCUT2D eigenvalue weighted by atomic mass is 9.96. The second-order valence-corrected chi connectivity index (χ2v) is 6.10.